The molecular formula is C35H37ClNNaO3S. The zero-order valence-corrected chi connectivity index (χ0v) is 27.9. The molecule has 2 atom stereocenters. The number of benzene rings is 3. The zero-order valence-electron chi connectivity index (χ0n) is 25.3. The Morgan fingerprint density at radius 2 is 1.86 bits per heavy atom. The number of carbonyl (C=O) groups is 1. The number of fused-ring (bicyclic) bond motifs is 1. The van der Waals surface area contributed by atoms with Crippen LogP contribution >= 0.6 is 23.4 Å². The van der Waals surface area contributed by atoms with Crippen molar-refractivity contribution in [2.45, 2.75) is 44.4 Å². The van der Waals surface area contributed by atoms with Crippen molar-refractivity contribution < 1.29 is 45.6 Å². The SMILES string of the molecule is CC(CO)c1ccccc1C(CCSCOC(=O)CC1CC1)c1cccc(/C=C/c2ccc3ccc(Cl)cc3n2)c1.[H-].[Na+]. The van der Waals surface area contributed by atoms with Crippen LogP contribution < -0.4 is 29.6 Å². The standard InChI is InChI=1S/C35H36ClNO3S.Na.H/c1-24(22-38)31-7-2-3-8-33(31)32(17-18-41-23-40-35(39)20-26-9-10-26)28-6-4-5-25(19-28)11-15-30-16-13-27-12-14-29(36)21-34(27)37-30;;/h2-8,11-16,19,21,24,26,32,38H,9-10,17-18,20,22-23H2,1H3;;/q;+1;-1/b15-11+;;. The fourth-order valence-electron chi connectivity index (χ4n) is 5.12. The van der Waals surface area contributed by atoms with E-state index in [0.717, 1.165) is 47.2 Å². The van der Waals surface area contributed by atoms with E-state index in [1.54, 1.807) is 11.8 Å². The van der Waals surface area contributed by atoms with Crippen LogP contribution in [0.5, 0.6) is 0 Å². The molecular weight excluding hydrogens is 573 g/mol. The first-order valence-electron chi connectivity index (χ1n) is 14.3. The first-order chi connectivity index (χ1) is 20.0. The first kappa shape index (κ1) is 32.8. The molecule has 42 heavy (non-hydrogen) atoms. The van der Waals surface area contributed by atoms with Crippen LogP contribution in [-0.4, -0.2) is 34.4 Å². The number of hydrogen-bond acceptors (Lipinski definition) is 5. The van der Waals surface area contributed by atoms with Gasteiger partial charge in [-0.25, -0.2) is 4.98 Å². The molecule has 1 N–H and O–H groups in total. The van der Waals surface area contributed by atoms with Crippen molar-refractivity contribution >= 4 is 52.4 Å². The maximum Gasteiger partial charge on any atom is 1.00 e. The van der Waals surface area contributed by atoms with Gasteiger partial charge < -0.3 is 11.3 Å². The van der Waals surface area contributed by atoms with E-state index in [-0.39, 0.29) is 55.4 Å². The number of rotatable bonds is 13. The number of ether oxygens (including phenoxy) is 1. The minimum atomic E-state index is -0.0813. The second kappa shape index (κ2) is 16.1. The summed E-state index contributed by atoms with van der Waals surface area (Å²) in [5, 5.41) is 11.7. The maximum absolute atomic E-state index is 12.0. The number of nitrogens with zero attached hydrogens (tertiary/aromatic N) is 1. The molecule has 0 bridgehead atoms. The van der Waals surface area contributed by atoms with Crippen LogP contribution in [0.25, 0.3) is 23.1 Å². The second-order valence-corrected chi connectivity index (χ2v) is 12.3. The molecule has 0 spiro atoms. The molecule has 214 valence electrons. The van der Waals surface area contributed by atoms with Crippen molar-refractivity contribution in [3.05, 3.63) is 112 Å². The third-order valence-corrected chi connectivity index (χ3v) is 8.66. The van der Waals surface area contributed by atoms with E-state index >= 15 is 0 Å². The normalized spacial score (nSPS) is 14.5. The van der Waals surface area contributed by atoms with Crippen molar-refractivity contribution in [3.63, 3.8) is 0 Å². The Morgan fingerprint density at radius 1 is 1.07 bits per heavy atom. The quantitative estimate of drug-likeness (QED) is 0.0895. The molecule has 4 nitrogen and oxygen atoms in total. The number of aliphatic hydroxyl groups is 1. The van der Waals surface area contributed by atoms with Crippen molar-refractivity contribution in [1.29, 1.82) is 0 Å². The number of aromatic nitrogens is 1. The third kappa shape index (κ3) is 9.19. The molecule has 1 aliphatic carbocycles. The molecule has 0 amide bonds. The topological polar surface area (TPSA) is 59.4 Å². The summed E-state index contributed by atoms with van der Waals surface area (Å²) in [5.74, 6) is 1.89. The zero-order chi connectivity index (χ0) is 28.6. The Bertz CT molecular complexity index is 1530. The van der Waals surface area contributed by atoms with E-state index in [4.69, 9.17) is 21.3 Å². The number of thioether (sulfide) groups is 1. The number of hydrogen-bond donors (Lipinski definition) is 1. The summed E-state index contributed by atoms with van der Waals surface area (Å²) in [6.07, 6.45) is 7.87. The van der Waals surface area contributed by atoms with Gasteiger partial charge in [0, 0.05) is 35.3 Å². The van der Waals surface area contributed by atoms with E-state index in [2.05, 4.69) is 61.5 Å². The van der Waals surface area contributed by atoms with E-state index in [1.807, 2.05) is 36.4 Å². The van der Waals surface area contributed by atoms with Gasteiger partial charge >= 0.3 is 35.5 Å². The molecule has 1 fully saturated rings. The number of pyridine rings is 1. The van der Waals surface area contributed by atoms with Crippen molar-refractivity contribution in [2.75, 3.05) is 18.3 Å². The van der Waals surface area contributed by atoms with E-state index < -0.39 is 0 Å². The molecule has 1 saturated carbocycles. The van der Waals surface area contributed by atoms with Gasteiger partial charge in [-0.15, -0.1) is 11.8 Å². The number of esters is 1. The summed E-state index contributed by atoms with van der Waals surface area (Å²) < 4.78 is 5.46. The Hall–Kier alpha value is -2.12. The van der Waals surface area contributed by atoms with Gasteiger partial charge in [-0.3, -0.25) is 4.79 Å². The summed E-state index contributed by atoms with van der Waals surface area (Å²) in [6, 6.07) is 26.8. The van der Waals surface area contributed by atoms with Gasteiger partial charge in [0.2, 0.25) is 0 Å². The minimum Gasteiger partial charge on any atom is -1.00 e. The summed E-state index contributed by atoms with van der Waals surface area (Å²) in [7, 11) is 0. The number of halogens is 1. The smallest absolute Gasteiger partial charge is 1.00 e. The molecule has 0 saturated heterocycles. The van der Waals surface area contributed by atoms with Crippen molar-refractivity contribution in [1.82, 2.24) is 4.98 Å². The third-order valence-electron chi connectivity index (χ3n) is 7.62. The minimum absolute atomic E-state index is 0. The van der Waals surface area contributed by atoms with Gasteiger partial charge in [0.25, 0.3) is 0 Å². The van der Waals surface area contributed by atoms with E-state index in [1.165, 1.54) is 16.7 Å². The van der Waals surface area contributed by atoms with Crippen LogP contribution in [0.2, 0.25) is 5.02 Å². The molecule has 7 heteroatoms. The largest absolute Gasteiger partial charge is 1.00 e. The Morgan fingerprint density at radius 3 is 2.64 bits per heavy atom. The van der Waals surface area contributed by atoms with E-state index in [0.29, 0.717) is 23.3 Å². The molecule has 1 aromatic heterocycles. The van der Waals surface area contributed by atoms with Crippen LogP contribution in [0.4, 0.5) is 0 Å². The number of aliphatic hydroxyl groups excluding tert-OH is 1. The van der Waals surface area contributed by atoms with Crippen molar-refractivity contribution in [2.24, 2.45) is 5.92 Å². The molecule has 1 aliphatic rings. The first-order valence-corrected chi connectivity index (χ1v) is 15.8. The summed E-state index contributed by atoms with van der Waals surface area (Å²) >= 11 is 7.83. The fraction of sp³-hybridized carbons (Fsp3) is 0.314. The van der Waals surface area contributed by atoms with Gasteiger partial charge in [-0.1, -0.05) is 85.3 Å². The second-order valence-electron chi connectivity index (χ2n) is 10.8. The van der Waals surface area contributed by atoms with Gasteiger partial charge in [0.1, 0.15) is 5.94 Å². The van der Waals surface area contributed by atoms with Gasteiger partial charge in [0.15, 0.2) is 0 Å². The molecule has 3 aromatic carbocycles. The average Bonchev–Trinajstić information content (AvgIpc) is 3.81. The molecule has 2 unspecified atom stereocenters. The van der Waals surface area contributed by atoms with Crippen LogP contribution in [-0.2, 0) is 9.53 Å². The van der Waals surface area contributed by atoms with Crippen LogP contribution in [0, 0.1) is 5.92 Å². The Balaban J connectivity index is 0.00000253. The fourth-order valence-corrected chi connectivity index (χ4v) is 6.02. The van der Waals surface area contributed by atoms with Crippen LogP contribution in [0.3, 0.4) is 0 Å². The van der Waals surface area contributed by atoms with E-state index in [9.17, 15) is 9.90 Å². The molecule has 4 aromatic rings. The Kier molecular flexibility index (Phi) is 12.6. The average molecular weight is 610 g/mol. The molecule has 0 aliphatic heterocycles. The summed E-state index contributed by atoms with van der Waals surface area (Å²) in [5.41, 5.74) is 6.45. The molecule has 1 heterocycles. The number of carbonyl (C=O) groups excluding carboxylic acids is 1. The van der Waals surface area contributed by atoms with Crippen LogP contribution in [0.15, 0.2) is 78.9 Å². The van der Waals surface area contributed by atoms with Gasteiger partial charge in [0.05, 0.1) is 11.2 Å². The van der Waals surface area contributed by atoms with Gasteiger partial charge in [-0.05, 0) is 77.5 Å². The monoisotopic (exact) mass is 609 g/mol. The molecule has 5 rings (SSSR count). The maximum atomic E-state index is 12.0. The van der Waals surface area contributed by atoms with Crippen molar-refractivity contribution in [3.8, 4) is 0 Å². The molecule has 0 radical (unpaired) electrons. The Labute approximate surface area is 281 Å². The van der Waals surface area contributed by atoms with Gasteiger partial charge in [-0.2, -0.15) is 0 Å². The predicted octanol–water partition coefficient (Wildman–Crippen LogP) is 5.83. The predicted molar refractivity (Wildman–Crippen MR) is 172 cm³/mol. The summed E-state index contributed by atoms with van der Waals surface area (Å²) in [4.78, 5) is 16.7. The van der Waals surface area contributed by atoms with Crippen LogP contribution in [0.1, 0.15) is 73.8 Å². The summed E-state index contributed by atoms with van der Waals surface area (Å²) in [6.45, 7) is 2.16.